The molecule has 0 fully saturated rings. The highest BCUT2D eigenvalue weighted by atomic mass is 19.1. The first kappa shape index (κ1) is 18.2. The lowest BCUT2D eigenvalue weighted by Crippen LogP contribution is -2.08. The van der Waals surface area contributed by atoms with Gasteiger partial charge in [-0.2, -0.15) is 0 Å². The van der Waals surface area contributed by atoms with E-state index in [1.165, 1.54) is 18.6 Å². The van der Waals surface area contributed by atoms with Crippen molar-refractivity contribution in [1.82, 2.24) is 0 Å². The van der Waals surface area contributed by atoms with E-state index in [0.717, 1.165) is 36.1 Å². The number of nitrogens with one attached hydrogen (secondary N) is 1. The summed E-state index contributed by atoms with van der Waals surface area (Å²) in [5.74, 6) is -1.24. The van der Waals surface area contributed by atoms with E-state index in [4.69, 9.17) is 4.74 Å². The van der Waals surface area contributed by atoms with Gasteiger partial charge in [-0.3, -0.25) is 4.79 Å². The van der Waals surface area contributed by atoms with Gasteiger partial charge in [-0.05, 0) is 53.8 Å². The molecule has 1 N–H and O–H groups in total. The summed E-state index contributed by atoms with van der Waals surface area (Å²) in [6.07, 6.45) is 1.81. The number of anilines is 1. The van der Waals surface area contributed by atoms with Crippen molar-refractivity contribution >= 4 is 11.6 Å². The average Bonchev–Trinajstić information content (AvgIpc) is 3.07. The molecule has 0 heterocycles. The minimum Gasteiger partial charge on any atom is -0.452 e. The normalized spacial score (nSPS) is 15.2. The highest BCUT2D eigenvalue weighted by molar-refractivity contribution is 5.91. The van der Waals surface area contributed by atoms with E-state index in [2.05, 4.69) is 17.4 Å². The molecule has 0 saturated carbocycles. The monoisotopic (exact) mass is 379 g/mol. The number of rotatable bonds is 4. The fourth-order valence-corrected chi connectivity index (χ4v) is 3.71. The summed E-state index contributed by atoms with van der Waals surface area (Å²) in [5, 5.41) is 2.77. The van der Waals surface area contributed by atoms with Crippen molar-refractivity contribution in [2.45, 2.75) is 25.7 Å². The van der Waals surface area contributed by atoms with Crippen molar-refractivity contribution in [3.05, 3.63) is 89.0 Å². The zero-order valence-corrected chi connectivity index (χ0v) is 15.3. The van der Waals surface area contributed by atoms with Crippen LogP contribution in [0.3, 0.4) is 0 Å². The molecule has 3 aromatic rings. The Hall–Kier alpha value is -3.21. The Morgan fingerprint density at radius 2 is 1.82 bits per heavy atom. The molecule has 4 rings (SSSR count). The Kier molecular flexibility index (Phi) is 4.82. The van der Waals surface area contributed by atoms with Crippen LogP contribution in [-0.4, -0.2) is 5.91 Å². The Morgan fingerprint density at radius 1 is 1.04 bits per heavy atom. The van der Waals surface area contributed by atoms with Crippen molar-refractivity contribution in [2.75, 3.05) is 5.32 Å². The first-order valence-corrected chi connectivity index (χ1v) is 9.13. The first-order chi connectivity index (χ1) is 13.5. The number of aryl methyl sites for hydroxylation is 1. The first-order valence-electron chi connectivity index (χ1n) is 9.13. The number of hydrogen-bond acceptors (Lipinski definition) is 2. The molecule has 28 heavy (non-hydrogen) atoms. The van der Waals surface area contributed by atoms with Gasteiger partial charge in [-0.1, -0.05) is 30.3 Å². The molecule has 1 atom stereocenters. The molecule has 5 heteroatoms. The molecule has 142 valence electrons. The Morgan fingerprint density at radius 3 is 2.54 bits per heavy atom. The fourth-order valence-electron chi connectivity index (χ4n) is 3.71. The molecule has 0 aromatic heterocycles. The van der Waals surface area contributed by atoms with Gasteiger partial charge >= 0.3 is 0 Å². The van der Waals surface area contributed by atoms with E-state index in [1.54, 1.807) is 0 Å². The minimum atomic E-state index is -0.795. The maximum Gasteiger partial charge on any atom is 0.221 e. The summed E-state index contributed by atoms with van der Waals surface area (Å²) >= 11 is 0. The van der Waals surface area contributed by atoms with E-state index in [9.17, 15) is 13.6 Å². The lowest BCUT2D eigenvalue weighted by Gasteiger charge is -2.17. The summed E-state index contributed by atoms with van der Waals surface area (Å²) in [7, 11) is 0. The van der Waals surface area contributed by atoms with Crippen LogP contribution in [0.4, 0.5) is 14.5 Å². The molecule has 0 spiro atoms. The van der Waals surface area contributed by atoms with Crippen LogP contribution >= 0.6 is 0 Å². The van der Waals surface area contributed by atoms with Crippen LogP contribution in [0.15, 0.2) is 60.7 Å². The fraction of sp³-hybridized carbons (Fsp3) is 0.174. The van der Waals surface area contributed by atoms with Crippen molar-refractivity contribution in [2.24, 2.45) is 0 Å². The predicted molar refractivity (Wildman–Crippen MR) is 104 cm³/mol. The molecule has 1 unspecified atom stereocenters. The van der Waals surface area contributed by atoms with Crippen LogP contribution in [-0.2, 0) is 11.2 Å². The topological polar surface area (TPSA) is 38.3 Å². The molecule has 0 radical (unpaired) electrons. The van der Waals surface area contributed by atoms with E-state index in [1.807, 2.05) is 30.3 Å². The molecule has 0 saturated heterocycles. The van der Waals surface area contributed by atoms with Crippen LogP contribution in [0.1, 0.15) is 36.0 Å². The molecule has 1 aliphatic carbocycles. The molecule has 1 aliphatic rings. The summed E-state index contributed by atoms with van der Waals surface area (Å²) in [6, 6.07) is 17.1. The second-order valence-electron chi connectivity index (χ2n) is 6.91. The highest BCUT2D eigenvalue weighted by Gasteiger charge is 2.26. The van der Waals surface area contributed by atoms with Gasteiger partial charge in [0, 0.05) is 18.9 Å². The Balaban J connectivity index is 1.74. The molecule has 3 aromatic carbocycles. The molecule has 0 aliphatic heterocycles. The summed E-state index contributed by atoms with van der Waals surface area (Å²) in [4.78, 5) is 11.7. The molecular formula is C23H19F2NO2. The summed E-state index contributed by atoms with van der Waals surface area (Å²) in [5.41, 5.74) is 3.91. The third-order valence-corrected chi connectivity index (χ3v) is 4.95. The van der Waals surface area contributed by atoms with Crippen LogP contribution in [0, 0.1) is 11.6 Å². The van der Waals surface area contributed by atoms with E-state index >= 15 is 0 Å². The van der Waals surface area contributed by atoms with Crippen molar-refractivity contribution in [3.63, 3.8) is 0 Å². The SMILES string of the molecule is CC(=O)Nc1cc2c(cc1Oc1ccc(F)cc1F)CCC2c1ccccc1. The molecule has 0 bridgehead atoms. The van der Waals surface area contributed by atoms with Crippen LogP contribution < -0.4 is 10.1 Å². The predicted octanol–water partition coefficient (Wildman–Crippen LogP) is 5.79. The number of carbonyl (C=O) groups is 1. The van der Waals surface area contributed by atoms with Gasteiger partial charge in [0.15, 0.2) is 17.3 Å². The summed E-state index contributed by atoms with van der Waals surface area (Å²) < 4.78 is 32.9. The largest absolute Gasteiger partial charge is 0.452 e. The average molecular weight is 379 g/mol. The van der Waals surface area contributed by atoms with Crippen LogP contribution in [0.25, 0.3) is 0 Å². The van der Waals surface area contributed by atoms with Gasteiger partial charge in [-0.15, -0.1) is 0 Å². The highest BCUT2D eigenvalue weighted by Crippen LogP contribution is 2.43. The number of fused-ring (bicyclic) bond motifs is 1. The second kappa shape index (κ2) is 7.43. The lowest BCUT2D eigenvalue weighted by molar-refractivity contribution is -0.114. The van der Waals surface area contributed by atoms with Crippen molar-refractivity contribution in [1.29, 1.82) is 0 Å². The van der Waals surface area contributed by atoms with Gasteiger partial charge in [0.25, 0.3) is 0 Å². The van der Waals surface area contributed by atoms with Crippen LogP contribution in [0.2, 0.25) is 0 Å². The molecule has 1 amide bonds. The van der Waals surface area contributed by atoms with Gasteiger partial charge in [0.2, 0.25) is 5.91 Å². The van der Waals surface area contributed by atoms with Crippen molar-refractivity contribution < 1.29 is 18.3 Å². The van der Waals surface area contributed by atoms with Crippen molar-refractivity contribution in [3.8, 4) is 11.5 Å². The van der Waals surface area contributed by atoms with E-state index in [-0.39, 0.29) is 17.6 Å². The zero-order valence-electron chi connectivity index (χ0n) is 15.3. The van der Waals surface area contributed by atoms with E-state index in [0.29, 0.717) is 11.4 Å². The lowest BCUT2D eigenvalue weighted by atomic mass is 9.92. The van der Waals surface area contributed by atoms with Gasteiger partial charge in [-0.25, -0.2) is 8.78 Å². The quantitative estimate of drug-likeness (QED) is 0.623. The smallest absolute Gasteiger partial charge is 0.221 e. The molecular weight excluding hydrogens is 360 g/mol. The van der Waals surface area contributed by atoms with Gasteiger partial charge < -0.3 is 10.1 Å². The number of hydrogen-bond donors (Lipinski definition) is 1. The maximum atomic E-state index is 14.0. The third-order valence-electron chi connectivity index (χ3n) is 4.95. The summed E-state index contributed by atoms with van der Waals surface area (Å²) in [6.45, 7) is 1.41. The number of amides is 1. The standard InChI is InChI=1S/C23H19F2NO2/c1-14(27)26-21-13-19-16(7-9-18(19)15-5-3-2-4-6-15)11-23(21)28-22-10-8-17(24)12-20(22)25/h2-6,8,10-13,18H,7,9H2,1H3,(H,26,27). The maximum absolute atomic E-state index is 14.0. The number of halogens is 2. The number of ether oxygens (including phenoxy) is 1. The second-order valence-corrected chi connectivity index (χ2v) is 6.91. The van der Waals surface area contributed by atoms with Gasteiger partial charge in [0.05, 0.1) is 5.69 Å². The van der Waals surface area contributed by atoms with E-state index < -0.39 is 11.6 Å². The Bertz CT molecular complexity index is 1030. The third kappa shape index (κ3) is 3.60. The molecule has 3 nitrogen and oxygen atoms in total. The Labute approximate surface area is 162 Å². The zero-order chi connectivity index (χ0) is 19.7. The number of benzene rings is 3. The number of carbonyl (C=O) groups excluding carboxylic acids is 1. The minimum absolute atomic E-state index is 0.0921. The van der Waals surface area contributed by atoms with Crippen LogP contribution in [0.5, 0.6) is 11.5 Å². The van der Waals surface area contributed by atoms with Gasteiger partial charge in [0.1, 0.15) is 5.82 Å².